The Morgan fingerprint density at radius 2 is 1.91 bits per heavy atom. The summed E-state index contributed by atoms with van der Waals surface area (Å²) in [6.45, 7) is 0. The van der Waals surface area contributed by atoms with Gasteiger partial charge in [0.15, 0.2) is 9.84 Å². The number of sulfone groups is 1. The topological polar surface area (TPSA) is 47.0 Å². The smallest absolute Gasteiger partial charge is 0.166 e. The number of hydrogen-bond donors (Lipinski definition) is 0. The first-order valence-corrected chi connectivity index (χ1v) is 10.1. The fourth-order valence-electron chi connectivity index (χ4n) is 3.64. The number of rotatable bonds is 3. The van der Waals surface area contributed by atoms with E-state index >= 15 is 0 Å². The molecule has 0 saturated heterocycles. The molecule has 6 heteroatoms. The highest BCUT2D eigenvalue weighted by atomic mass is 35.5. The molecule has 0 radical (unpaired) electrons. The Kier molecular flexibility index (Phi) is 4.86. The van der Waals surface area contributed by atoms with Gasteiger partial charge in [-0.25, -0.2) is 8.42 Å². The minimum atomic E-state index is -3.46. The predicted octanol–water partition coefficient (Wildman–Crippen LogP) is 4.76. The first-order valence-electron chi connectivity index (χ1n) is 7.85. The molecule has 0 aromatic carbocycles. The number of halogens is 2. The van der Waals surface area contributed by atoms with Crippen molar-refractivity contribution < 1.29 is 8.42 Å². The van der Waals surface area contributed by atoms with Crippen LogP contribution in [0.15, 0.2) is 41.7 Å². The molecule has 1 heterocycles. The lowest BCUT2D eigenvalue weighted by Crippen LogP contribution is -2.43. The van der Waals surface area contributed by atoms with Crippen molar-refractivity contribution in [2.45, 2.75) is 48.5 Å². The van der Waals surface area contributed by atoms with Crippen molar-refractivity contribution in [3.63, 3.8) is 0 Å². The molecular formula is C17H19Cl2NO2S. The number of hydrogen-bond acceptors (Lipinski definition) is 3. The van der Waals surface area contributed by atoms with Gasteiger partial charge in [0, 0.05) is 28.0 Å². The van der Waals surface area contributed by atoms with Crippen LogP contribution in [0.4, 0.5) is 0 Å². The van der Waals surface area contributed by atoms with E-state index in [1.807, 2.05) is 0 Å². The molecule has 0 N–H and O–H groups in total. The molecule has 1 aromatic rings. The summed E-state index contributed by atoms with van der Waals surface area (Å²) < 4.78 is 26.1. The van der Waals surface area contributed by atoms with E-state index in [9.17, 15) is 8.42 Å². The molecule has 0 bridgehead atoms. The van der Waals surface area contributed by atoms with E-state index in [4.69, 9.17) is 23.2 Å². The van der Waals surface area contributed by atoms with Gasteiger partial charge in [-0.05, 0) is 31.4 Å². The average Bonchev–Trinajstić information content (AvgIpc) is 2.56. The largest absolute Gasteiger partial charge is 0.264 e. The summed E-state index contributed by atoms with van der Waals surface area (Å²) in [5.41, 5.74) is 0.649. The Labute approximate surface area is 147 Å². The Bertz CT molecular complexity index is 750. The van der Waals surface area contributed by atoms with Crippen molar-refractivity contribution in [2.24, 2.45) is 0 Å². The zero-order valence-electron chi connectivity index (χ0n) is 12.7. The minimum Gasteiger partial charge on any atom is -0.264 e. The van der Waals surface area contributed by atoms with Gasteiger partial charge in [-0.3, -0.25) is 4.98 Å². The molecule has 0 spiro atoms. The lowest BCUT2D eigenvalue weighted by Gasteiger charge is -2.39. The van der Waals surface area contributed by atoms with E-state index < -0.39 is 19.8 Å². The molecule has 1 fully saturated rings. The van der Waals surface area contributed by atoms with Gasteiger partial charge in [-0.1, -0.05) is 54.6 Å². The highest BCUT2D eigenvalue weighted by Gasteiger charge is 2.50. The third kappa shape index (κ3) is 2.97. The van der Waals surface area contributed by atoms with Crippen LogP contribution in [0.1, 0.15) is 44.1 Å². The van der Waals surface area contributed by atoms with Crippen LogP contribution in [0.3, 0.4) is 0 Å². The molecule has 3 rings (SSSR count). The molecule has 1 atom stereocenters. The van der Waals surface area contributed by atoms with Gasteiger partial charge in [0.25, 0.3) is 0 Å². The zero-order valence-corrected chi connectivity index (χ0v) is 15.0. The minimum absolute atomic E-state index is 0.414. The van der Waals surface area contributed by atoms with Gasteiger partial charge in [-0.15, -0.1) is 0 Å². The second-order valence-electron chi connectivity index (χ2n) is 6.18. The molecule has 1 saturated carbocycles. The second kappa shape index (κ2) is 6.58. The molecule has 124 valence electrons. The molecule has 0 aliphatic heterocycles. The third-order valence-corrected chi connectivity index (χ3v) is 8.35. The predicted molar refractivity (Wildman–Crippen MR) is 94.4 cm³/mol. The van der Waals surface area contributed by atoms with Crippen molar-refractivity contribution in [3.8, 4) is 0 Å². The second-order valence-corrected chi connectivity index (χ2v) is 9.50. The van der Waals surface area contributed by atoms with Crippen molar-refractivity contribution in [3.05, 3.63) is 52.3 Å². The fourth-order valence-corrected chi connectivity index (χ4v) is 6.68. The summed E-state index contributed by atoms with van der Waals surface area (Å²) in [7, 11) is -3.46. The first kappa shape index (κ1) is 17.0. The van der Waals surface area contributed by atoms with Crippen LogP contribution in [0.25, 0.3) is 0 Å². The van der Waals surface area contributed by atoms with Gasteiger partial charge in [0.1, 0.15) is 4.75 Å². The fraction of sp³-hybridized carbons (Fsp3) is 0.471. The van der Waals surface area contributed by atoms with E-state index in [-0.39, 0.29) is 0 Å². The summed E-state index contributed by atoms with van der Waals surface area (Å²) in [5, 5.41) is 0.520. The molecule has 1 unspecified atom stereocenters. The monoisotopic (exact) mass is 371 g/mol. The normalized spacial score (nSPS) is 24.3. The Morgan fingerprint density at radius 3 is 2.52 bits per heavy atom. The summed E-state index contributed by atoms with van der Waals surface area (Å²) in [4.78, 5) is 4.14. The molecule has 2 aliphatic carbocycles. The van der Waals surface area contributed by atoms with Crippen molar-refractivity contribution in [1.29, 1.82) is 0 Å². The number of aromatic nitrogens is 1. The van der Waals surface area contributed by atoms with Gasteiger partial charge in [0.2, 0.25) is 0 Å². The van der Waals surface area contributed by atoms with E-state index in [0.717, 1.165) is 19.3 Å². The SMILES string of the molecule is O=S(=O)(C1C=CC(Cl)=CC1)C1(c2cnccc2Cl)CCCCC1. The molecule has 0 amide bonds. The van der Waals surface area contributed by atoms with Gasteiger partial charge < -0.3 is 0 Å². The summed E-state index contributed by atoms with van der Waals surface area (Å²) >= 11 is 12.3. The Morgan fingerprint density at radius 1 is 1.17 bits per heavy atom. The van der Waals surface area contributed by atoms with E-state index in [0.29, 0.717) is 34.9 Å². The average molecular weight is 372 g/mol. The third-order valence-electron chi connectivity index (χ3n) is 4.88. The quantitative estimate of drug-likeness (QED) is 0.769. The molecule has 2 aliphatic rings. The molecule has 23 heavy (non-hydrogen) atoms. The summed E-state index contributed by atoms with van der Waals surface area (Å²) in [6.07, 6.45) is 12.8. The van der Waals surface area contributed by atoms with E-state index in [1.54, 1.807) is 36.7 Å². The Hall–Kier alpha value is -0.840. The number of pyridine rings is 1. The molecule has 1 aromatic heterocycles. The maximum Gasteiger partial charge on any atom is 0.166 e. The highest BCUT2D eigenvalue weighted by Crippen LogP contribution is 2.48. The first-order chi connectivity index (χ1) is 11.0. The maximum atomic E-state index is 13.5. The number of allylic oxidation sites excluding steroid dienone is 3. The van der Waals surface area contributed by atoms with E-state index in [1.165, 1.54) is 0 Å². The Balaban J connectivity index is 2.10. The number of nitrogens with zero attached hydrogens (tertiary/aromatic N) is 1. The van der Waals surface area contributed by atoms with Crippen LogP contribution in [0.5, 0.6) is 0 Å². The standard InChI is InChI=1S/C17H19Cl2NO2S/c18-13-4-6-14(7-5-13)23(21,22)17(9-2-1-3-10-17)15-12-20-11-8-16(15)19/h4-6,8,11-12,14H,1-3,7,9-10H2. The lowest BCUT2D eigenvalue weighted by atomic mass is 9.83. The van der Waals surface area contributed by atoms with Crippen LogP contribution in [-0.4, -0.2) is 18.7 Å². The van der Waals surface area contributed by atoms with Crippen LogP contribution in [-0.2, 0) is 14.6 Å². The van der Waals surface area contributed by atoms with Gasteiger partial charge >= 0.3 is 0 Å². The summed E-state index contributed by atoms with van der Waals surface area (Å²) in [6, 6.07) is 1.68. The molecular weight excluding hydrogens is 353 g/mol. The van der Waals surface area contributed by atoms with Gasteiger partial charge in [-0.2, -0.15) is 0 Å². The van der Waals surface area contributed by atoms with E-state index in [2.05, 4.69) is 4.98 Å². The van der Waals surface area contributed by atoms with Crippen molar-refractivity contribution in [1.82, 2.24) is 4.98 Å². The van der Waals surface area contributed by atoms with Crippen LogP contribution in [0, 0.1) is 0 Å². The molecule has 3 nitrogen and oxygen atoms in total. The van der Waals surface area contributed by atoms with Gasteiger partial charge in [0.05, 0.1) is 5.25 Å². The zero-order chi connectivity index (χ0) is 16.5. The highest BCUT2D eigenvalue weighted by molar-refractivity contribution is 7.93. The van der Waals surface area contributed by atoms with Crippen LogP contribution >= 0.6 is 23.2 Å². The maximum absolute atomic E-state index is 13.5. The van der Waals surface area contributed by atoms with Crippen molar-refractivity contribution in [2.75, 3.05) is 0 Å². The summed E-state index contributed by atoms with van der Waals surface area (Å²) in [5.74, 6) is 0. The lowest BCUT2D eigenvalue weighted by molar-refractivity contribution is 0.377. The van der Waals surface area contributed by atoms with Crippen LogP contribution < -0.4 is 0 Å². The van der Waals surface area contributed by atoms with Crippen LogP contribution in [0.2, 0.25) is 5.02 Å². The van der Waals surface area contributed by atoms with Crippen molar-refractivity contribution >= 4 is 33.0 Å².